The van der Waals surface area contributed by atoms with Crippen molar-refractivity contribution >= 4 is 27.6 Å². The summed E-state index contributed by atoms with van der Waals surface area (Å²) in [6.45, 7) is 0. The molecule has 0 aliphatic carbocycles. The Labute approximate surface area is 176 Å². The number of hydrogen-bond donors (Lipinski definition) is 2. The van der Waals surface area contributed by atoms with Crippen LogP contribution in [-0.4, -0.2) is 16.2 Å². The summed E-state index contributed by atoms with van der Waals surface area (Å²) >= 11 is 3.43. The second-order valence-electron chi connectivity index (χ2n) is 6.23. The number of nitrogens with zero attached hydrogens (tertiary/aromatic N) is 2. The van der Waals surface area contributed by atoms with E-state index in [1.54, 1.807) is 6.07 Å². The zero-order valence-corrected chi connectivity index (χ0v) is 16.8. The number of amides is 2. The Hall–Kier alpha value is -3.45. The van der Waals surface area contributed by atoms with Crippen LogP contribution in [0.1, 0.15) is 17.5 Å². The van der Waals surface area contributed by atoms with Gasteiger partial charge < -0.3 is 15.1 Å². The number of anilines is 1. The van der Waals surface area contributed by atoms with E-state index in [1.165, 1.54) is 0 Å². The molecule has 4 rings (SSSR count). The SMILES string of the molecule is O=C(Nc1ccccc1Br)N[C@H](c1ccccc1)c1nnc(-c2ccccc2)o1. The van der Waals surface area contributed by atoms with Crippen molar-refractivity contribution in [2.45, 2.75) is 6.04 Å². The van der Waals surface area contributed by atoms with E-state index in [4.69, 9.17) is 4.42 Å². The molecule has 2 amide bonds. The highest BCUT2D eigenvalue weighted by Crippen LogP contribution is 2.26. The molecule has 0 spiro atoms. The third kappa shape index (κ3) is 4.52. The lowest BCUT2D eigenvalue weighted by Gasteiger charge is -2.16. The van der Waals surface area contributed by atoms with E-state index >= 15 is 0 Å². The fourth-order valence-corrected chi connectivity index (χ4v) is 3.22. The van der Waals surface area contributed by atoms with E-state index in [9.17, 15) is 4.79 Å². The van der Waals surface area contributed by atoms with Gasteiger partial charge in [-0.3, -0.25) is 0 Å². The summed E-state index contributed by atoms with van der Waals surface area (Å²) in [6, 6.07) is 25.4. The van der Waals surface area contributed by atoms with Crippen LogP contribution >= 0.6 is 15.9 Å². The van der Waals surface area contributed by atoms with Gasteiger partial charge in [0.05, 0.1) is 5.69 Å². The molecule has 7 heteroatoms. The molecule has 0 saturated carbocycles. The van der Waals surface area contributed by atoms with Gasteiger partial charge in [-0.25, -0.2) is 4.79 Å². The number of carbonyl (C=O) groups is 1. The largest absolute Gasteiger partial charge is 0.418 e. The van der Waals surface area contributed by atoms with Gasteiger partial charge in [0.1, 0.15) is 6.04 Å². The zero-order valence-electron chi connectivity index (χ0n) is 15.2. The van der Waals surface area contributed by atoms with Crippen molar-refractivity contribution in [2.24, 2.45) is 0 Å². The second kappa shape index (κ2) is 8.70. The Morgan fingerprint density at radius 2 is 1.52 bits per heavy atom. The molecule has 0 saturated heterocycles. The molecule has 0 unspecified atom stereocenters. The highest BCUT2D eigenvalue weighted by molar-refractivity contribution is 9.10. The number of aromatic nitrogens is 2. The molecule has 1 heterocycles. The van der Waals surface area contributed by atoms with E-state index in [0.717, 1.165) is 15.6 Å². The van der Waals surface area contributed by atoms with Crippen molar-refractivity contribution in [2.75, 3.05) is 5.32 Å². The summed E-state index contributed by atoms with van der Waals surface area (Å²) in [4.78, 5) is 12.7. The minimum atomic E-state index is -0.594. The molecular weight excluding hydrogens is 432 g/mol. The van der Waals surface area contributed by atoms with Gasteiger partial charge in [-0.05, 0) is 45.8 Å². The van der Waals surface area contributed by atoms with Crippen LogP contribution in [0.5, 0.6) is 0 Å². The van der Waals surface area contributed by atoms with E-state index < -0.39 is 6.04 Å². The van der Waals surface area contributed by atoms with E-state index in [-0.39, 0.29) is 6.03 Å². The first-order valence-corrected chi connectivity index (χ1v) is 9.76. The number of benzene rings is 3. The van der Waals surface area contributed by atoms with Crippen LogP contribution in [0.2, 0.25) is 0 Å². The van der Waals surface area contributed by atoms with Gasteiger partial charge in [-0.15, -0.1) is 10.2 Å². The summed E-state index contributed by atoms with van der Waals surface area (Å²) in [5.41, 5.74) is 2.31. The zero-order chi connectivity index (χ0) is 20.1. The van der Waals surface area contributed by atoms with E-state index in [1.807, 2.05) is 78.9 Å². The smallest absolute Gasteiger partial charge is 0.320 e. The summed E-state index contributed by atoms with van der Waals surface area (Å²) < 4.78 is 6.67. The molecule has 0 aliphatic rings. The summed E-state index contributed by atoms with van der Waals surface area (Å²) in [5.74, 6) is 0.701. The maximum Gasteiger partial charge on any atom is 0.320 e. The highest BCUT2D eigenvalue weighted by Gasteiger charge is 2.23. The monoisotopic (exact) mass is 448 g/mol. The first-order chi connectivity index (χ1) is 14.2. The molecule has 1 aromatic heterocycles. The molecule has 3 aromatic carbocycles. The molecule has 0 bridgehead atoms. The number of urea groups is 1. The third-order valence-electron chi connectivity index (χ3n) is 4.24. The maximum atomic E-state index is 12.7. The topological polar surface area (TPSA) is 80.0 Å². The van der Waals surface area contributed by atoms with Crippen LogP contribution in [0.15, 0.2) is 93.8 Å². The number of halogens is 1. The molecule has 4 aromatic rings. The van der Waals surface area contributed by atoms with E-state index in [0.29, 0.717) is 17.5 Å². The Balaban J connectivity index is 1.60. The normalized spacial score (nSPS) is 11.6. The quantitative estimate of drug-likeness (QED) is 0.427. The fraction of sp³-hybridized carbons (Fsp3) is 0.0455. The number of para-hydroxylation sites is 1. The molecule has 2 N–H and O–H groups in total. The Morgan fingerprint density at radius 3 is 2.24 bits per heavy atom. The van der Waals surface area contributed by atoms with Crippen molar-refractivity contribution in [1.82, 2.24) is 15.5 Å². The lowest BCUT2D eigenvalue weighted by Crippen LogP contribution is -2.33. The maximum absolute atomic E-state index is 12.7. The van der Waals surface area contributed by atoms with Crippen molar-refractivity contribution in [3.05, 3.63) is 101 Å². The number of hydrogen-bond acceptors (Lipinski definition) is 4. The molecule has 0 fully saturated rings. The van der Waals surface area contributed by atoms with Gasteiger partial charge >= 0.3 is 6.03 Å². The molecule has 29 heavy (non-hydrogen) atoms. The molecule has 6 nitrogen and oxygen atoms in total. The van der Waals surface area contributed by atoms with E-state index in [2.05, 4.69) is 36.8 Å². The first kappa shape index (κ1) is 18.9. The standard InChI is InChI=1S/C22H17BrN4O2/c23-17-13-7-8-14-18(17)24-22(28)25-19(15-9-3-1-4-10-15)21-27-26-20(29-21)16-11-5-2-6-12-16/h1-14,19H,(H2,24,25,28)/t19-/m1/s1. The predicted octanol–water partition coefficient (Wildman–Crippen LogP) is 5.41. The van der Waals surface area contributed by atoms with Gasteiger partial charge in [0.15, 0.2) is 0 Å². The number of rotatable bonds is 5. The van der Waals surface area contributed by atoms with Crippen LogP contribution in [0, 0.1) is 0 Å². The number of carbonyl (C=O) groups excluding carboxylic acids is 1. The predicted molar refractivity (Wildman–Crippen MR) is 114 cm³/mol. The molecule has 0 radical (unpaired) electrons. The van der Waals surface area contributed by atoms with Gasteiger partial charge in [0, 0.05) is 10.0 Å². The Morgan fingerprint density at radius 1 is 0.862 bits per heavy atom. The first-order valence-electron chi connectivity index (χ1n) is 8.96. The summed E-state index contributed by atoms with van der Waals surface area (Å²) in [6.07, 6.45) is 0. The van der Waals surface area contributed by atoms with Crippen molar-refractivity contribution in [3.8, 4) is 11.5 Å². The summed E-state index contributed by atoms with van der Waals surface area (Å²) in [5, 5.41) is 14.1. The minimum absolute atomic E-state index is 0.303. The molecular formula is C22H17BrN4O2. The van der Waals surface area contributed by atoms with Crippen molar-refractivity contribution < 1.29 is 9.21 Å². The third-order valence-corrected chi connectivity index (χ3v) is 4.93. The minimum Gasteiger partial charge on any atom is -0.418 e. The molecule has 144 valence electrons. The second-order valence-corrected chi connectivity index (χ2v) is 7.09. The van der Waals surface area contributed by atoms with Gasteiger partial charge in [0.2, 0.25) is 11.8 Å². The highest BCUT2D eigenvalue weighted by atomic mass is 79.9. The number of nitrogens with one attached hydrogen (secondary N) is 2. The van der Waals surface area contributed by atoms with Crippen LogP contribution in [0.3, 0.4) is 0 Å². The average molecular weight is 449 g/mol. The van der Waals surface area contributed by atoms with Gasteiger partial charge in [0.25, 0.3) is 0 Å². The fourth-order valence-electron chi connectivity index (χ4n) is 2.83. The molecule has 0 aliphatic heterocycles. The Bertz CT molecular complexity index is 1100. The average Bonchev–Trinajstić information content (AvgIpc) is 3.25. The van der Waals surface area contributed by atoms with Crippen LogP contribution in [0.4, 0.5) is 10.5 Å². The van der Waals surface area contributed by atoms with Crippen LogP contribution in [0.25, 0.3) is 11.5 Å². The van der Waals surface area contributed by atoms with Crippen LogP contribution < -0.4 is 10.6 Å². The lowest BCUT2D eigenvalue weighted by molar-refractivity contribution is 0.248. The molecule has 1 atom stereocenters. The van der Waals surface area contributed by atoms with Crippen LogP contribution in [-0.2, 0) is 0 Å². The summed E-state index contributed by atoms with van der Waals surface area (Å²) in [7, 11) is 0. The van der Waals surface area contributed by atoms with Gasteiger partial charge in [-0.2, -0.15) is 0 Å². The lowest BCUT2D eigenvalue weighted by atomic mass is 10.1. The van der Waals surface area contributed by atoms with Gasteiger partial charge in [-0.1, -0.05) is 60.7 Å². The Kier molecular flexibility index (Phi) is 5.67. The van der Waals surface area contributed by atoms with Crippen molar-refractivity contribution in [3.63, 3.8) is 0 Å². The van der Waals surface area contributed by atoms with Crippen molar-refractivity contribution in [1.29, 1.82) is 0 Å².